The summed E-state index contributed by atoms with van der Waals surface area (Å²) in [6.45, 7) is 5.17. The number of rotatable bonds is 7. The summed E-state index contributed by atoms with van der Waals surface area (Å²) in [5.41, 5.74) is 6.69. The van der Waals surface area contributed by atoms with Crippen LogP contribution in [0.4, 0.5) is 5.69 Å². The summed E-state index contributed by atoms with van der Waals surface area (Å²) < 4.78 is 6.14. The van der Waals surface area contributed by atoms with Crippen molar-refractivity contribution < 1.29 is 9.53 Å². The van der Waals surface area contributed by atoms with Gasteiger partial charge in [0.15, 0.2) is 0 Å². The molecule has 0 spiro atoms. The Bertz CT molecular complexity index is 421. The van der Waals surface area contributed by atoms with Gasteiger partial charge in [0, 0.05) is 16.7 Å². The highest BCUT2D eigenvalue weighted by molar-refractivity contribution is 9.10. The maximum absolute atomic E-state index is 11.8. The van der Waals surface area contributed by atoms with E-state index in [-0.39, 0.29) is 5.91 Å². The SMILES string of the molecule is C=CCCOCCNC(=O)c1ccc(Br)cc1N. The van der Waals surface area contributed by atoms with Gasteiger partial charge in [-0.25, -0.2) is 0 Å². The molecule has 0 aliphatic rings. The van der Waals surface area contributed by atoms with Crippen LogP contribution in [-0.4, -0.2) is 25.7 Å². The molecular formula is C13H17BrN2O2. The number of benzene rings is 1. The van der Waals surface area contributed by atoms with E-state index in [1.54, 1.807) is 24.3 Å². The van der Waals surface area contributed by atoms with Crippen molar-refractivity contribution in [3.63, 3.8) is 0 Å². The zero-order valence-corrected chi connectivity index (χ0v) is 11.7. The van der Waals surface area contributed by atoms with Crippen LogP contribution in [0.2, 0.25) is 0 Å². The van der Waals surface area contributed by atoms with Gasteiger partial charge in [-0.3, -0.25) is 4.79 Å². The van der Waals surface area contributed by atoms with Gasteiger partial charge in [-0.2, -0.15) is 0 Å². The van der Waals surface area contributed by atoms with Crippen molar-refractivity contribution in [3.8, 4) is 0 Å². The Morgan fingerprint density at radius 2 is 2.28 bits per heavy atom. The summed E-state index contributed by atoms with van der Waals surface area (Å²) in [7, 11) is 0. The molecule has 0 bridgehead atoms. The highest BCUT2D eigenvalue weighted by Crippen LogP contribution is 2.18. The zero-order chi connectivity index (χ0) is 13.4. The first kappa shape index (κ1) is 14.7. The quantitative estimate of drug-likeness (QED) is 0.461. The monoisotopic (exact) mass is 312 g/mol. The second-order valence-electron chi connectivity index (χ2n) is 3.68. The van der Waals surface area contributed by atoms with Gasteiger partial charge in [0.25, 0.3) is 5.91 Å². The Morgan fingerprint density at radius 1 is 1.50 bits per heavy atom. The minimum atomic E-state index is -0.188. The molecular weight excluding hydrogens is 296 g/mol. The number of hydrogen-bond donors (Lipinski definition) is 2. The number of amides is 1. The standard InChI is InChI=1S/C13H17BrN2O2/c1-2-3-7-18-8-6-16-13(17)11-5-4-10(14)9-12(11)15/h2,4-5,9H,1,3,6-8,15H2,(H,16,17). The predicted molar refractivity (Wildman–Crippen MR) is 76.5 cm³/mol. The maximum Gasteiger partial charge on any atom is 0.253 e. The van der Waals surface area contributed by atoms with Gasteiger partial charge in [0.1, 0.15) is 0 Å². The van der Waals surface area contributed by atoms with Crippen LogP contribution in [0.25, 0.3) is 0 Å². The van der Waals surface area contributed by atoms with Gasteiger partial charge in [0.2, 0.25) is 0 Å². The van der Waals surface area contributed by atoms with E-state index in [9.17, 15) is 4.79 Å². The lowest BCUT2D eigenvalue weighted by Gasteiger charge is -2.08. The molecule has 0 aliphatic heterocycles. The molecule has 1 amide bonds. The van der Waals surface area contributed by atoms with Crippen molar-refractivity contribution in [2.45, 2.75) is 6.42 Å². The van der Waals surface area contributed by atoms with Crippen LogP contribution in [0.15, 0.2) is 35.3 Å². The van der Waals surface area contributed by atoms with E-state index in [4.69, 9.17) is 10.5 Å². The second-order valence-corrected chi connectivity index (χ2v) is 4.59. The molecule has 3 N–H and O–H groups in total. The zero-order valence-electron chi connectivity index (χ0n) is 10.1. The summed E-state index contributed by atoms with van der Waals surface area (Å²) in [6, 6.07) is 5.18. The van der Waals surface area contributed by atoms with Crippen molar-refractivity contribution >= 4 is 27.5 Å². The fraction of sp³-hybridized carbons (Fsp3) is 0.308. The van der Waals surface area contributed by atoms with Crippen molar-refractivity contribution in [1.29, 1.82) is 0 Å². The maximum atomic E-state index is 11.8. The summed E-state index contributed by atoms with van der Waals surface area (Å²) in [6.07, 6.45) is 2.61. The summed E-state index contributed by atoms with van der Waals surface area (Å²) >= 11 is 3.29. The molecule has 1 aromatic rings. The van der Waals surface area contributed by atoms with Gasteiger partial charge in [-0.05, 0) is 24.6 Å². The second kappa shape index (κ2) is 7.89. The molecule has 0 fully saturated rings. The van der Waals surface area contributed by atoms with Gasteiger partial charge in [-0.1, -0.05) is 22.0 Å². The van der Waals surface area contributed by atoms with Crippen LogP contribution in [0, 0.1) is 0 Å². The largest absolute Gasteiger partial charge is 0.398 e. The van der Waals surface area contributed by atoms with E-state index in [1.807, 2.05) is 0 Å². The van der Waals surface area contributed by atoms with Gasteiger partial charge < -0.3 is 15.8 Å². The Morgan fingerprint density at radius 3 is 2.94 bits per heavy atom. The van der Waals surface area contributed by atoms with E-state index in [0.717, 1.165) is 10.9 Å². The summed E-state index contributed by atoms with van der Waals surface area (Å²) in [4.78, 5) is 11.8. The van der Waals surface area contributed by atoms with Crippen LogP contribution < -0.4 is 11.1 Å². The van der Waals surface area contributed by atoms with Crippen LogP contribution in [0.1, 0.15) is 16.8 Å². The van der Waals surface area contributed by atoms with E-state index >= 15 is 0 Å². The lowest BCUT2D eigenvalue weighted by molar-refractivity contribution is 0.0919. The molecule has 0 radical (unpaired) electrons. The molecule has 0 heterocycles. The van der Waals surface area contributed by atoms with Gasteiger partial charge in [-0.15, -0.1) is 6.58 Å². The molecule has 0 unspecified atom stereocenters. The smallest absolute Gasteiger partial charge is 0.253 e. The van der Waals surface area contributed by atoms with Crippen LogP contribution in [0.3, 0.4) is 0 Å². The van der Waals surface area contributed by atoms with Crippen molar-refractivity contribution in [2.75, 3.05) is 25.5 Å². The third-order valence-corrected chi connectivity index (χ3v) is 2.75. The average Bonchev–Trinajstić information content (AvgIpc) is 2.33. The fourth-order valence-corrected chi connectivity index (χ4v) is 1.72. The fourth-order valence-electron chi connectivity index (χ4n) is 1.34. The van der Waals surface area contributed by atoms with Crippen molar-refractivity contribution in [2.24, 2.45) is 0 Å². The van der Waals surface area contributed by atoms with E-state index < -0.39 is 0 Å². The molecule has 4 nitrogen and oxygen atoms in total. The Labute approximate surface area is 115 Å². The number of nitrogens with one attached hydrogen (secondary N) is 1. The number of halogens is 1. The topological polar surface area (TPSA) is 64.3 Å². The molecule has 1 rings (SSSR count). The highest BCUT2D eigenvalue weighted by Gasteiger charge is 2.08. The minimum absolute atomic E-state index is 0.188. The predicted octanol–water partition coefficient (Wildman–Crippen LogP) is 2.35. The molecule has 0 aromatic heterocycles. The highest BCUT2D eigenvalue weighted by atomic mass is 79.9. The number of nitrogen functional groups attached to an aromatic ring is 1. The minimum Gasteiger partial charge on any atom is -0.398 e. The summed E-state index contributed by atoms with van der Waals surface area (Å²) in [5, 5.41) is 2.75. The Balaban J connectivity index is 2.34. The number of ether oxygens (including phenoxy) is 1. The third-order valence-electron chi connectivity index (χ3n) is 2.26. The van der Waals surface area contributed by atoms with Gasteiger partial charge >= 0.3 is 0 Å². The normalized spacial score (nSPS) is 10.1. The lowest BCUT2D eigenvalue weighted by atomic mass is 10.1. The van der Waals surface area contributed by atoms with Crippen molar-refractivity contribution in [3.05, 3.63) is 40.9 Å². The molecule has 0 aliphatic carbocycles. The molecule has 5 heteroatoms. The average molecular weight is 313 g/mol. The van der Waals surface area contributed by atoms with Crippen LogP contribution in [-0.2, 0) is 4.74 Å². The first-order chi connectivity index (χ1) is 8.65. The van der Waals surface area contributed by atoms with Crippen LogP contribution in [0.5, 0.6) is 0 Å². The van der Waals surface area contributed by atoms with E-state index in [2.05, 4.69) is 27.8 Å². The molecule has 1 aromatic carbocycles. The molecule has 98 valence electrons. The first-order valence-corrected chi connectivity index (χ1v) is 6.46. The molecule has 0 saturated carbocycles. The third kappa shape index (κ3) is 4.89. The number of carbonyl (C=O) groups is 1. The van der Waals surface area contributed by atoms with Gasteiger partial charge in [0.05, 0.1) is 18.8 Å². The van der Waals surface area contributed by atoms with E-state index in [1.165, 1.54) is 0 Å². The molecule has 0 saturated heterocycles. The Kier molecular flexibility index (Phi) is 6.46. The number of hydrogen-bond acceptors (Lipinski definition) is 3. The summed E-state index contributed by atoms with van der Waals surface area (Å²) in [5.74, 6) is -0.188. The van der Waals surface area contributed by atoms with E-state index in [0.29, 0.717) is 31.0 Å². The Hall–Kier alpha value is -1.33. The van der Waals surface area contributed by atoms with Crippen molar-refractivity contribution in [1.82, 2.24) is 5.32 Å². The first-order valence-electron chi connectivity index (χ1n) is 5.67. The lowest BCUT2D eigenvalue weighted by Crippen LogP contribution is -2.28. The number of carbonyl (C=O) groups excluding carboxylic acids is 1. The van der Waals surface area contributed by atoms with Crippen LogP contribution >= 0.6 is 15.9 Å². The molecule has 0 atom stereocenters. The number of anilines is 1. The molecule has 18 heavy (non-hydrogen) atoms. The number of nitrogens with two attached hydrogens (primary N) is 1.